The summed E-state index contributed by atoms with van der Waals surface area (Å²) in [5.74, 6) is 0.140. The van der Waals surface area contributed by atoms with Gasteiger partial charge in [-0.15, -0.1) is 11.3 Å². The van der Waals surface area contributed by atoms with Gasteiger partial charge in [0.2, 0.25) is 0 Å². The van der Waals surface area contributed by atoms with E-state index in [0.717, 1.165) is 47.1 Å². The van der Waals surface area contributed by atoms with Crippen LogP contribution >= 0.6 is 11.3 Å². The number of nitrogens with one attached hydrogen (secondary N) is 1. The maximum Gasteiger partial charge on any atom is 0.265 e. The van der Waals surface area contributed by atoms with E-state index in [4.69, 9.17) is 9.84 Å². The fraction of sp³-hybridized carbons (Fsp3) is 0.357. The predicted octanol–water partition coefficient (Wildman–Crippen LogP) is 3.77. The first kappa shape index (κ1) is 24.5. The third-order valence-electron chi connectivity index (χ3n) is 6.97. The molecule has 7 nitrogen and oxygen atoms in total. The van der Waals surface area contributed by atoms with Crippen LogP contribution in [0.25, 0.3) is 21.0 Å². The number of thiophene rings is 1. The normalized spacial score (nSPS) is 15.0. The van der Waals surface area contributed by atoms with Gasteiger partial charge in [-0.2, -0.15) is 0 Å². The third-order valence-corrected chi connectivity index (χ3v) is 8.18. The summed E-state index contributed by atoms with van der Waals surface area (Å²) in [5.41, 5.74) is 2.88. The molecule has 0 saturated carbocycles. The average molecular weight is 506 g/mol. The first-order chi connectivity index (χ1) is 17.5. The maximum absolute atomic E-state index is 13.8. The van der Waals surface area contributed by atoms with Crippen LogP contribution in [0.3, 0.4) is 0 Å². The van der Waals surface area contributed by atoms with E-state index >= 15 is 0 Å². The van der Waals surface area contributed by atoms with Crippen LogP contribution in [0.2, 0.25) is 0 Å². The lowest BCUT2D eigenvalue weighted by Gasteiger charge is -2.31. The lowest BCUT2D eigenvalue weighted by Crippen LogP contribution is -2.45. The molecule has 0 aliphatic carbocycles. The Morgan fingerprint density at radius 2 is 1.86 bits per heavy atom. The number of carbonyl (C=O) groups is 1. The maximum atomic E-state index is 13.8. The van der Waals surface area contributed by atoms with E-state index in [1.165, 1.54) is 24.0 Å². The van der Waals surface area contributed by atoms with E-state index in [-0.39, 0.29) is 24.1 Å². The Morgan fingerprint density at radius 3 is 2.56 bits per heavy atom. The van der Waals surface area contributed by atoms with Crippen molar-refractivity contribution in [2.45, 2.75) is 32.4 Å². The molecular formula is C28H31N3O4S. The topological polar surface area (TPSA) is 83.8 Å². The van der Waals surface area contributed by atoms with Crippen molar-refractivity contribution in [3.8, 4) is 5.75 Å². The minimum absolute atomic E-state index is 0.0531. The van der Waals surface area contributed by atoms with Gasteiger partial charge in [0.25, 0.3) is 11.5 Å². The molecule has 36 heavy (non-hydrogen) atoms. The van der Waals surface area contributed by atoms with E-state index in [0.29, 0.717) is 29.1 Å². The van der Waals surface area contributed by atoms with Crippen molar-refractivity contribution in [1.82, 2.24) is 14.8 Å². The van der Waals surface area contributed by atoms with Crippen molar-refractivity contribution in [2.24, 2.45) is 0 Å². The van der Waals surface area contributed by atoms with Gasteiger partial charge in [0, 0.05) is 31.1 Å². The van der Waals surface area contributed by atoms with Crippen LogP contribution in [0, 0.1) is 6.92 Å². The van der Waals surface area contributed by atoms with E-state index < -0.39 is 0 Å². The molecule has 0 atom stereocenters. The first-order valence-corrected chi connectivity index (χ1v) is 13.1. The number of para-hydroxylation sites is 1. The Balaban J connectivity index is 1.54. The smallest absolute Gasteiger partial charge is 0.265 e. The number of fused-ring (bicyclic) bond motifs is 3. The number of aliphatic hydroxyl groups excluding tert-OH is 1. The van der Waals surface area contributed by atoms with Gasteiger partial charge in [-0.25, -0.2) is 0 Å². The molecule has 0 spiro atoms. The number of β-amino-alcohol motifs (C(OH)–C–C–N with tert-alkyl or cyclic N) is 1. The number of ether oxygens (including phenoxy) is 1. The fourth-order valence-electron chi connectivity index (χ4n) is 5.02. The van der Waals surface area contributed by atoms with Crippen molar-refractivity contribution in [2.75, 3.05) is 33.4 Å². The number of carbonyl (C=O) groups excluding carboxylic acids is 1. The summed E-state index contributed by atoms with van der Waals surface area (Å²) in [4.78, 5) is 29.9. The summed E-state index contributed by atoms with van der Waals surface area (Å²) in [7, 11) is 1.52. The number of piperidine rings is 1. The number of amides is 1. The number of benzene rings is 2. The lowest BCUT2D eigenvalue weighted by molar-refractivity contribution is 0.0904. The lowest BCUT2D eigenvalue weighted by atomic mass is 10.0. The Bertz CT molecular complexity index is 1450. The average Bonchev–Trinajstić information content (AvgIpc) is 3.29. The number of aromatic nitrogens is 1. The van der Waals surface area contributed by atoms with Crippen LogP contribution in [0.5, 0.6) is 5.75 Å². The molecule has 0 unspecified atom stereocenters. The van der Waals surface area contributed by atoms with Crippen molar-refractivity contribution in [3.05, 3.63) is 74.9 Å². The molecule has 1 aliphatic rings. The fourth-order valence-corrected chi connectivity index (χ4v) is 6.21. The molecule has 1 amide bonds. The number of rotatable bonds is 7. The number of aryl methyl sites for hydroxylation is 1. The Labute approximate surface area is 213 Å². The first-order valence-electron chi connectivity index (χ1n) is 12.3. The Hall–Kier alpha value is -3.20. The van der Waals surface area contributed by atoms with Crippen molar-refractivity contribution >= 4 is 38.2 Å². The summed E-state index contributed by atoms with van der Waals surface area (Å²) in [6.07, 6.45) is 1.65. The number of aliphatic hydroxyl groups is 1. The third kappa shape index (κ3) is 4.64. The molecule has 188 valence electrons. The van der Waals surface area contributed by atoms with Crippen molar-refractivity contribution < 1.29 is 14.6 Å². The minimum atomic E-state index is -0.206. The second kappa shape index (κ2) is 10.4. The van der Waals surface area contributed by atoms with Gasteiger partial charge in [0.15, 0.2) is 5.75 Å². The van der Waals surface area contributed by atoms with Gasteiger partial charge >= 0.3 is 0 Å². The molecular weight excluding hydrogens is 474 g/mol. The highest BCUT2D eigenvalue weighted by Crippen LogP contribution is 2.39. The van der Waals surface area contributed by atoms with Crippen LogP contribution in [-0.2, 0) is 6.54 Å². The van der Waals surface area contributed by atoms with Crippen molar-refractivity contribution in [3.63, 3.8) is 0 Å². The van der Waals surface area contributed by atoms with E-state index in [2.05, 4.69) is 10.2 Å². The molecule has 2 N–H and O–H groups in total. The minimum Gasteiger partial charge on any atom is -0.494 e. The molecule has 1 aliphatic heterocycles. The quantitative estimate of drug-likeness (QED) is 0.400. The van der Waals surface area contributed by atoms with Gasteiger partial charge in [-0.1, -0.05) is 48.0 Å². The van der Waals surface area contributed by atoms with Gasteiger partial charge in [-0.3, -0.25) is 9.59 Å². The summed E-state index contributed by atoms with van der Waals surface area (Å²) >= 11 is 1.32. The second-order valence-corrected chi connectivity index (χ2v) is 10.4. The number of likely N-dealkylation sites (tertiary alicyclic amines) is 1. The number of nitrogens with zero attached hydrogens (tertiary/aromatic N) is 2. The SMILES string of the molecule is COc1c(C(=O)NC2CCN(CCO)CC2)sc2c1c(=O)n(Cc1ccc(C)cc1)c1ccccc21. The standard InChI is InChI=1S/C28H31N3O4S/c1-18-7-9-19(10-8-18)17-31-22-6-4-3-5-21(22)25-23(28(31)34)24(35-2)26(36-25)27(33)29-20-11-13-30(14-12-20)15-16-32/h3-10,20,32H,11-17H2,1-2H3,(H,29,33). The largest absolute Gasteiger partial charge is 0.494 e. The monoisotopic (exact) mass is 505 g/mol. The zero-order chi connectivity index (χ0) is 25.2. The number of hydrogen-bond donors (Lipinski definition) is 2. The van der Waals surface area contributed by atoms with Crippen LogP contribution < -0.4 is 15.6 Å². The Morgan fingerprint density at radius 1 is 1.14 bits per heavy atom. The van der Waals surface area contributed by atoms with Crippen LogP contribution in [0.15, 0.2) is 53.3 Å². The van der Waals surface area contributed by atoms with E-state index in [1.54, 1.807) is 4.57 Å². The molecule has 8 heteroatoms. The molecule has 0 bridgehead atoms. The second-order valence-electron chi connectivity index (χ2n) is 9.38. The zero-order valence-electron chi connectivity index (χ0n) is 20.6. The highest BCUT2D eigenvalue weighted by molar-refractivity contribution is 7.22. The number of methoxy groups -OCH3 is 1. The summed E-state index contributed by atoms with van der Waals surface area (Å²) in [6.45, 7) is 4.95. The molecule has 3 heterocycles. The van der Waals surface area contributed by atoms with Gasteiger partial charge in [0.1, 0.15) is 10.3 Å². The molecule has 5 rings (SSSR count). The molecule has 1 saturated heterocycles. The van der Waals surface area contributed by atoms with E-state index in [9.17, 15) is 9.59 Å². The molecule has 0 radical (unpaired) electrons. The van der Waals surface area contributed by atoms with Gasteiger partial charge in [-0.05, 0) is 31.4 Å². The van der Waals surface area contributed by atoms with E-state index in [1.807, 2.05) is 55.5 Å². The highest BCUT2D eigenvalue weighted by atomic mass is 32.1. The summed E-state index contributed by atoms with van der Waals surface area (Å²) in [6, 6.07) is 16.1. The Kier molecular flexibility index (Phi) is 7.09. The number of hydrogen-bond acceptors (Lipinski definition) is 6. The highest BCUT2D eigenvalue weighted by Gasteiger charge is 2.27. The molecule has 4 aromatic rings. The molecule has 2 aromatic carbocycles. The molecule has 1 fully saturated rings. The van der Waals surface area contributed by atoms with Crippen LogP contribution in [-0.4, -0.2) is 59.9 Å². The summed E-state index contributed by atoms with van der Waals surface area (Å²) in [5, 5.41) is 13.7. The van der Waals surface area contributed by atoms with Crippen molar-refractivity contribution in [1.29, 1.82) is 0 Å². The number of pyridine rings is 1. The zero-order valence-corrected chi connectivity index (χ0v) is 21.4. The van der Waals surface area contributed by atoms with Crippen LogP contribution in [0.1, 0.15) is 33.6 Å². The van der Waals surface area contributed by atoms with Gasteiger partial charge < -0.3 is 24.6 Å². The predicted molar refractivity (Wildman–Crippen MR) is 144 cm³/mol. The van der Waals surface area contributed by atoms with Gasteiger partial charge in [0.05, 0.1) is 30.5 Å². The van der Waals surface area contributed by atoms with Crippen LogP contribution in [0.4, 0.5) is 0 Å². The summed E-state index contributed by atoms with van der Waals surface area (Å²) < 4.78 is 8.26. The molecule has 2 aromatic heterocycles.